The molecule has 110 valence electrons. The monoisotopic (exact) mass is 279 g/mol. The number of carbonyl (C=O) groups excluding carboxylic acids is 2. The van der Waals surface area contributed by atoms with Crippen LogP contribution in [0.1, 0.15) is 19.8 Å². The molecule has 1 aromatic heterocycles. The van der Waals surface area contributed by atoms with Crippen molar-refractivity contribution < 1.29 is 9.59 Å². The number of rotatable bonds is 4. The van der Waals surface area contributed by atoms with Crippen LogP contribution in [0.4, 0.5) is 5.69 Å². The number of amides is 2. The van der Waals surface area contributed by atoms with Crippen LogP contribution >= 0.6 is 0 Å². The van der Waals surface area contributed by atoms with E-state index >= 15 is 0 Å². The highest BCUT2D eigenvalue weighted by Crippen LogP contribution is 2.17. The third-order valence-corrected chi connectivity index (χ3v) is 3.52. The van der Waals surface area contributed by atoms with Crippen molar-refractivity contribution in [2.45, 2.75) is 26.3 Å². The summed E-state index contributed by atoms with van der Waals surface area (Å²) in [6.07, 6.45) is 4.60. The summed E-state index contributed by atoms with van der Waals surface area (Å²) in [7, 11) is 0. The second kappa shape index (κ2) is 6.40. The number of anilines is 1. The van der Waals surface area contributed by atoms with E-state index < -0.39 is 0 Å². The molecule has 2 rings (SSSR count). The Balaban J connectivity index is 1.81. The van der Waals surface area contributed by atoms with Gasteiger partial charge < -0.3 is 16.0 Å². The van der Waals surface area contributed by atoms with Crippen molar-refractivity contribution in [1.29, 1.82) is 0 Å². The van der Waals surface area contributed by atoms with E-state index in [1.165, 1.54) is 10.9 Å². The normalized spacial score (nSPS) is 16.1. The molecule has 7 heteroatoms. The van der Waals surface area contributed by atoms with Gasteiger partial charge >= 0.3 is 0 Å². The van der Waals surface area contributed by atoms with Crippen molar-refractivity contribution in [3.8, 4) is 0 Å². The van der Waals surface area contributed by atoms with Crippen LogP contribution in [-0.2, 0) is 16.1 Å². The van der Waals surface area contributed by atoms with E-state index in [0.717, 1.165) is 12.8 Å². The van der Waals surface area contributed by atoms with Crippen LogP contribution in [0.15, 0.2) is 12.4 Å². The Hall–Kier alpha value is -2.05. The largest absolute Gasteiger partial charge is 0.396 e. The summed E-state index contributed by atoms with van der Waals surface area (Å²) in [5, 5.41) is 6.83. The average molecular weight is 279 g/mol. The molecule has 0 aromatic carbocycles. The molecule has 20 heavy (non-hydrogen) atoms. The zero-order valence-electron chi connectivity index (χ0n) is 11.7. The second-order valence-corrected chi connectivity index (χ2v) is 5.02. The molecule has 1 aromatic rings. The molecule has 2 amide bonds. The molecule has 3 N–H and O–H groups in total. The van der Waals surface area contributed by atoms with Gasteiger partial charge in [-0.3, -0.25) is 14.3 Å². The lowest BCUT2D eigenvalue weighted by molar-refractivity contribution is -0.136. The lowest BCUT2D eigenvalue weighted by atomic mass is 9.96. The Kier molecular flexibility index (Phi) is 4.60. The van der Waals surface area contributed by atoms with Crippen molar-refractivity contribution in [3.05, 3.63) is 12.4 Å². The lowest BCUT2D eigenvalue weighted by Crippen LogP contribution is -2.44. The summed E-state index contributed by atoms with van der Waals surface area (Å²) >= 11 is 0. The van der Waals surface area contributed by atoms with Gasteiger partial charge in [-0.15, -0.1) is 0 Å². The van der Waals surface area contributed by atoms with Gasteiger partial charge in [0, 0.05) is 31.7 Å². The molecular formula is C13H21N5O2. The van der Waals surface area contributed by atoms with Crippen LogP contribution < -0.4 is 11.1 Å². The van der Waals surface area contributed by atoms with Gasteiger partial charge in [0.1, 0.15) is 6.54 Å². The number of nitrogens with zero attached hydrogens (tertiary/aromatic N) is 3. The number of carbonyl (C=O) groups is 2. The van der Waals surface area contributed by atoms with Crippen LogP contribution in [0.5, 0.6) is 0 Å². The minimum absolute atomic E-state index is 0.0162. The number of hydrogen-bond donors (Lipinski definition) is 2. The van der Waals surface area contributed by atoms with Crippen molar-refractivity contribution in [2.75, 3.05) is 25.4 Å². The number of piperidine rings is 1. The summed E-state index contributed by atoms with van der Waals surface area (Å²) < 4.78 is 1.54. The predicted octanol–water partition coefficient (Wildman–Crippen LogP) is -0.160. The molecule has 0 radical (unpaired) electrons. The van der Waals surface area contributed by atoms with Gasteiger partial charge in [0.15, 0.2) is 0 Å². The summed E-state index contributed by atoms with van der Waals surface area (Å²) in [6, 6.07) is 0. The molecule has 7 nitrogen and oxygen atoms in total. The smallest absolute Gasteiger partial charge is 0.244 e. The van der Waals surface area contributed by atoms with Crippen molar-refractivity contribution >= 4 is 17.5 Å². The predicted molar refractivity (Wildman–Crippen MR) is 74.6 cm³/mol. The zero-order chi connectivity index (χ0) is 14.5. The van der Waals surface area contributed by atoms with Crippen molar-refractivity contribution in [2.24, 2.45) is 5.92 Å². The van der Waals surface area contributed by atoms with E-state index in [4.69, 9.17) is 5.73 Å². The fourth-order valence-corrected chi connectivity index (χ4v) is 2.41. The van der Waals surface area contributed by atoms with Crippen molar-refractivity contribution in [1.82, 2.24) is 20.0 Å². The second-order valence-electron chi connectivity index (χ2n) is 5.02. The minimum Gasteiger partial charge on any atom is -0.396 e. The van der Waals surface area contributed by atoms with Gasteiger partial charge in [0.25, 0.3) is 0 Å². The molecule has 0 atom stereocenters. The number of hydrogen-bond acceptors (Lipinski definition) is 4. The number of nitrogens with one attached hydrogen (secondary N) is 1. The SMILES string of the molecule is CCNC(=O)C1CCN(C(=O)Cn2cc(N)cn2)CC1. The average Bonchev–Trinajstić information content (AvgIpc) is 2.84. The molecule has 2 heterocycles. The number of nitrogen functional groups attached to an aromatic ring is 1. The van der Waals surface area contributed by atoms with E-state index in [2.05, 4.69) is 10.4 Å². The van der Waals surface area contributed by atoms with E-state index in [9.17, 15) is 9.59 Å². The van der Waals surface area contributed by atoms with E-state index in [0.29, 0.717) is 25.3 Å². The van der Waals surface area contributed by atoms with Gasteiger partial charge in [0.2, 0.25) is 11.8 Å². The zero-order valence-corrected chi connectivity index (χ0v) is 11.7. The molecule has 0 aliphatic carbocycles. The van der Waals surface area contributed by atoms with Crippen molar-refractivity contribution in [3.63, 3.8) is 0 Å². The molecular weight excluding hydrogens is 258 g/mol. The maximum absolute atomic E-state index is 12.1. The first-order valence-corrected chi connectivity index (χ1v) is 6.93. The highest BCUT2D eigenvalue weighted by atomic mass is 16.2. The van der Waals surface area contributed by atoms with Crippen LogP contribution in [0.2, 0.25) is 0 Å². The van der Waals surface area contributed by atoms with Crippen LogP contribution in [0, 0.1) is 5.92 Å². The fraction of sp³-hybridized carbons (Fsp3) is 0.615. The molecule has 1 aliphatic rings. The highest BCUT2D eigenvalue weighted by Gasteiger charge is 2.26. The Bertz CT molecular complexity index is 477. The third kappa shape index (κ3) is 3.49. The number of nitrogens with two attached hydrogens (primary N) is 1. The first kappa shape index (κ1) is 14.4. The first-order valence-electron chi connectivity index (χ1n) is 6.93. The van der Waals surface area contributed by atoms with Gasteiger partial charge in [-0.1, -0.05) is 0 Å². The molecule has 0 unspecified atom stereocenters. The van der Waals surface area contributed by atoms with Gasteiger partial charge in [-0.05, 0) is 19.8 Å². The minimum atomic E-state index is 0.0162. The number of aromatic nitrogens is 2. The quantitative estimate of drug-likeness (QED) is 0.801. The lowest BCUT2D eigenvalue weighted by Gasteiger charge is -2.31. The maximum atomic E-state index is 12.1. The Labute approximate surface area is 118 Å². The van der Waals surface area contributed by atoms with Gasteiger partial charge in [-0.2, -0.15) is 5.10 Å². The van der Waals surface area contributed by atoms with E-state index in [-0.39, 0.29) is 24.3 Å². The van der Waals surface area contributed by atoms with Gasteiger partial charge in [0.05, 0.1) is 11.9 Å². The maximum Gasteiger partial charge on any atom is 0.244 e. The Morgan fingerprint density at radius 1 is 1.45 bits per heavy atom. The third-order valence-electron chi connectivity index (χ3n) is 3.52. The molecule has 1 fully saturated rings. The summed E-state index contributed by atoms with van der Waals surface area (Å²) in [5.41, 5.74) is 6.11. The van der Waals surface area contributed by atoms with Gasteiger partial charge in [-0.25, -0.2) is 0 Å². The van der Waals surface area contributed by atoms with E-state index in [1.807, 2.05) is 6.92 Å². The fourth-order valence-electron chi connectivity index (χ4n) is 2.41. The molecule has 0 saturated carbocycles. The highest BCUT2D eigenvalue weighted by molar-refractivity contribution is 5.80. The van der Waals surface area contributed by atoms with Crippen LogP contribution in [0.25, 0.3) is 0 Å². The molecule has 0 spiro atoms. The standard InChI is InChI=1S/C13H21N5O2/c1-2-15-13(20)10-3-5-17(6-4-10)12(19)9-18-8-11(14)7-16-18/h7-8,10H,2-6,9,14H2,1H3,(H,15,20). The molecule has 0 bridgehead atoms. The first-order chi connectivity index (χ1) is 9.60. The Morgan fingerprint density at radius 2 is 2.15 bits per heavy atom. The van der Waals surface area contributed by atoms with Crippen LogP contribution in [0.3, 0.4) is 0 Å². The summed E-state index contributed by atoms with van der Waals surface area (Å²) in [6.45, 7) is 4.00. The number of likely N-dealkylation sites (tertiary alicyclic amines) is 1. The Morgan fingerprint density at radius 3 is 2.70 bits per heavy atom. The molecule has 1 aliphatic heterocycles. The van der Waals surface area contributed by atoms with E-state index in [1.54, 1.807) is 11.1 Å². The molecule has 1 saturated heterocycles. The topological polar surface area (TPSA) is 93.2 Å². The van der Waals surface area contributed by atoms with Crippen LogP contribution in [-0.4, -0.2) is 46.1 Å². The summed E-state index contributed by atoms with van der Waals surface area (Å²) in [4.78, 5) is 25.6. The summed E-state index contributed by atoms with van der Waals surface area (Å²) in [5.74, 6) is 0.140.